The Labute approximate surface area is 138 Å². The van der Waals surface area contributed by atoms with Crippen molar-refractivity contribution in [2.75, 3.05) is 5.32 Å². The van der Waals surface area contributed by atoms with Crippen molar-refractivity contribution in [1.82, 2.24) is 10.2 Å². The minimum atomic E-state index is 0.212. The first-order valence-corrected chi connectivity index (χ1v) is 8.59. The molecule has 0 atom stereocenters. The van der Waals surface area contributed by atoms with Crippen molar-refractivity contribution in [2.24, 2.45) is 5.92 Å². The number of phenolic OH excluding ortho intramolecular Hbond substituents is 1. The molecule has 20 heavy (non-hydrogen) atoms. The third-order valence-corrected chi connectivity index (χ3v) is 4.68. The van der Waals surface area contributed by atoms with Crippen molar-refractivity contribution >= 4 is 48.3 Å². The van der Waals surface area contributed by atoms with E-state index >= 15 is 0 Å². The molecule has 2 N–H and O–H groups in total. The van der Waals surface area contributed by atoms with Crippen molar-refractivity contribution in [3.05, 3.63) is 31.6 Å². The molecule has 0 bridgehead atoms. The molecule has 0 radical (unpaired) electrons. The molecule has 0 aliphatic heterocycles. The fourth-order valence-electron chi connectivity index (χ4n) is 1.65. The van der Waals surface area contributed by atoms with Crippen LogP contribution < -0.4 is 5.32 Å². The average molecular weight is 421 g/mol. The van der Waals surface area contributed by atoms with E-state index in [0.717, 1.165) is 22.1 Å². The van der Waals surface area contributed by atoms with Gasteiger partial charge in [-0.25, -0.2) is 0 Å². The Kier molecular flexibility index (Phi) is 5.40. The molecule has 2 rings (SSSR count). The topological polar surface area (TPSA) is 58.0 Å². The van der Waals surface area contributed by atoms with Crippen LogP contribution in [0.25, 0.3) is 0 Å². The standard InChI is InChI=1S/C13H15Br2N3OS/c1-7(2)3-11-17-18-13(20-11)16-6-8-4-9(14)12(19)10(15)5-8/h4-5,7,19H,3,6H2,1-2H3,(H,16,18). The number of nitrogens with one attached hydrogen (secondary N) is 1. The van der Waals surface area contributed by atoms with Crippen molar-refractivity contribution in [2.45, 2.75) is 26.8 Å². The lowest BCUT2D eigenvalue weighted by atomic mass is 10.1. The van der Waals surface area contributed by atoms with E-state index in [1.54, 1.807) is 11.3 Å². The van der Waals surface area contributed by atoms with E-state index < -0.39 is 0 Å². The van der Waals surface area contributed by atoms with Crippen molar-refractivity contribution in [3.63, 3.8) is 0 Å². The van der Waals surface area contributed by atoms with Crippen LogP contribution in [0.5, 0.6) is 5.75 Å². The largest absolute Gasteiger partial charge is 0.506 e. The number of aromatic hydroxyl groups is 1. The van der Waals surface area contributed by atoms with Crippen molar-refractivity contribution < 1.29 is 5.11 Å². The lowest BCUT2D eigenvalue weighted by Crippen LogP contribution is -1.99. The SMILES string of the molecule is CC(C)Cc1nnc(NCc2cc(Br)c(O)c(Br)c2)s1. The Morgan fingerprint density at radius 3 is 2.50 bits per heavy atom. The lowest BCUT2D eigenvalue weighted by Gasteiger charge is -2.06. The second kappa shape index (κ2) is 6.87. The quantitative estimate of drug-likeness (QED) is 0.743. The van der Waals surface area contributed by atoms with Gasteiger partial charge in [-0.05, 0) is 55.5 Å². The highest BCUT2D eigenvalue weighted by atomic mass is 79.9. The average Bonchev–Trinajstić information content (AvgIpc) is 2.80. The summed E-state index contributed by atoms with van der Waals surface area (Å²) in [6.45, 7) is 4.97. The zero-order valence-corrected chi connectivity index (χ0v) is 15.1. The van der Waals surface area contributed by atoms with Crippen molar-refractivity contribution in [3.8, 4) is 5.75 Å². The summed E-state index contributed by atoms with van der Waals surface area (Å²) in [5.41, 5.74) is 1.04. The number of benzene rings is 1. The maximum atomic E-state index is 9.67. The van der Waals surface area contributed by atoms with Crippen LogP contribution in [0.15, 0.2) is 21.1 Å². The second-order valence-electron chi connectivity index (χ2n) is 4.86. The maximum absolute atomic E-state index is 9.67. The van der Waals surface area contributed by atoms with E-state index in [1.807, 2.05) is 12.1 Å². The van der Waals surface area contributed by atoms with Gasteiger partial charge in [-0.15, -0.1) is 10.2 Å². The monoisotopic (exact) mass is 419 g/mol. The summed E-state index contributed by atoms with van der Waals surface area (Å²) in [4.78, 5) is 0. The normalized spacial score (nSPS) is 11.1. The summed E-state index contributed by atoms with van der Waals surface area (Å²) in [5.74, 6) is 0.795. The predicted octanol–water partition coefficient (Wildman–Crippen LogP) is 4.58. The Bertz CT molecular complexity index is 578. The molecule has 1 heterocycles. The molecule has 7 heteroatoms. The fraction of sp³-hybridized carbons (Fsp3) is 0.385. The van der Waals surface area contributed by atoms with Crippen LogP contribution in [0.4, 0.5) is 5.13 Å². The number of hydrogen-bond acceptors (Lipinski definition) is 5. The third-order valence-electron chi connectivity index (χ3n) is 2.57. The Hall–Kier alpha value is -0.660. The van der Waals surface area contributed by atoms with E-state index in [9.17, 15) is 5.11 Å². The van der Waals surface area contributed by atoms with Gasteiger partial charge in [0.15, 0.2) is 0 Å². The summed E-state index contributed by atoms with van der Waals surface area (Å²) in [5, 5.41) is 23.1. The molecule has 4 nitrogen and oxygen atoms in total. The van der Waals surface area contributed by atoms with Crippen LogP contribution >= 0.6 is 43.2 Å². The maximum Gasteiger partial charge on any atom is 0.205 e. The molecule has 0 spiro atoms. The van der Waals surface area contributed by atoms with E-state index in [4.69, 9.17) is 0 Å². The Balaban J connectivity index is 2.00. The summed E-state index contributed by atoms with van der Waals surface area (Å²) in [6.07, 6.45) is 0.954. The highest BCUT2D eigenvalue weighted by Gasteiger charge is 2.08. The molecule has 0 aliphatic carbocycles. The third kappa shape index (κ3) is 4.17. The molecule has 0 saturated carbocycles. The zero-order chi connectivity index (χ0) is 14.7. The van der Waals surface area contributed by atoms with E-state index in [2.05, 4.69) is 61.2 Å². The molecule has 0 unspecified atom stereocenters. The molecule has 1 aromatic heterocycles. The summed E-state index contributed by atoms with van der Waals surface area (Å²) in [7, 11) is 0. The molecule has 0 saturated heterocycles. The number of hydrogen-bond donors (Lipinski definition) is 2. The van der Waals surface area contributed by atoms with E-state index in [-0.39, 0.29) is 5.75 Å². The van der Waals surface area contributed by atoms with Gasteiger partial charge in [0.05, 0.1) is 8.95 Å². The molecule has 108 valence electrons. The van der Waals surface area contributed by atoms with Crippen LogP contribution in [-0.2, 0) is 13.0 Å². The first-order chi connectivity index (χ1) is 9.45. The minimum absolute atomic E-state index is 0.212. The minimum Gasteiger partial charge on any atom is -0.506 e. The van der Waals surface area contributed by atoms with E-state index in [0.29, 0.717) is 21.4 Å². The van der Waals surface area contributed by atoms with Gasteiger partial charge in [-0.3, -0.25) is 0 Å². The molecule has 0 aliphatic rings. The molecule has 2 aromatic rings. The zero-order valence-electron chi connectivity index (χ0n) is 11.2. The number of aromatic nitrogens is 2. The first kappa shape index (κ1) is 15.7. The van der Waals surface area contributed by atoms with Crippen LogP contribution in [0.1, 0.15) is 24.4 Å². The molecule has 0 fully saturated rings. The van der Waals surface area contributed by atoms with Gasteiger partial charge >= 0.3 is 0 Å². The molecule has 1 aromatic carbocycles. The van der Waals surface area contributed by atoms with Gasteiger partial charge in [0, 0.05) is 13.0 Å². The highest BCUT2D eigenvalue weighted by molar-refractivity contribution is 9.11. The highest BCUT2D eigenvalue weighted by Crippen LogP contribution is 2.33. The fourth-order valence-corrected chi connectivity index (χ4v) is 3.88. The van der Waals surface area contributed by atoms with Crippen molar-refractivity contribution in [1.29, 1.82) is 0 Å². The van der Waals surface area contributed by atoms with Gasteiger partial charge in [-0.1, -0.05) is 25.2 Å². The van der Waals surface area contributed by atoms with Gasteiger partial charge < -0.3 is 10.4 Å². The molecular weight excluding hydrogens is 406 g/mol. The van der Waals surface area contributed by atoms with Gasteiger partial charge in [0.2, 0.25) is 5.13 Å². The van der Waals surface area contributed by atoms with Gasteiger partial charge in [0.1, 0.15) is 10.8 Å². The Morgan fingerprint density at radius 2 is 1.90 bits per heavy atom. The van der Waals surface area contributed by atoms with E-state index in [1.165, 1.54) is 0 Å². The summed E-state index contributed by atoms with van der Waals surface area (Å²) in [6, 6.07) is 3.76. The van der Waals surface area contributed by atoms with Gasteiger partial charge in [-0.2, -0.15) is 0 Å². The second-order valence-corrected chi connectivity index (χ2v) is 7.63. The number of halogens is 2. The lowest BCUT2D eigenvalue weighted by molar-refractivity contribution is 0.468. The predicted molar refractivity (Wildman–Crippen MR) is 89.3 cm³/mol. The first-order valence-electron chi connectivity index (χ1n) is 6.19. The van der Waals surface area contributed by atoms with Crippen LogP contribution in [0.2, 0.25) is 0 Å². The van der Waals surface area contributed by atoms with Crippen LogP contribution in [0.3, 0.4) is 0 Å². The van der Waals surface area contributed by atoms with Gasteiger partial charge in [0.25, 0.3) is 0 Å². The number of rotatable bonds is 5. The molecule has 0 amide bonds. The number of phenols is 1. The molecular formula is C13H15Br2N3OS. The number of anilines is 1. The van der Waals surface area contributed by atoms with Crippen LogP contribution in [0, 0.1) is 5.92 Å². The summed E-state index contributed by atoms with van der Waals surface area (Å²) >= 11 is 8.23. The smallest absolute Gasteiger partial charge is 0.205 e. The Morgan fingerprint density at radius 1 is 1.25 bits per heavy atom. The summed E-state index contributed by atoms with van der Waals surface area (Å²) < 4.78 is 1.34. The number of nitrogens with zero attached hydrogens (tertiary/aromatic N) is 2. The van der Waals surface area contributed by atoms with Crippen LogP contribution in [-0.4, -0.2) is 15.3 Å².